The van der Waals surface area contributed by atoms with Gasteiger partial charge in [-0.3, -0.25) is 4.79 Å². The van der Waals surface area contributed by atoms with Crippen LogP contribution >= 0.6 is 0 Å². The van der Waals surface area contributed by atoms with Gasteiger partial charge >= 0.3 is 0 Å². The minimum absolute atomic E-state index is 0.224. The molecular formula is C18H17N3O2. The first kappa shape index (κ1) is 15.0. The highest BCUT2D eigenvalue weighted by atomic mass is 16.5. The average Bonchev–Trinajstić information content (AvgIpc) is 2.61. The molecule has 0 aliphatic rings. The maximum absolute atomic E-state index is 12.2. The quantitative estimate of drug-likeness (QED) is 0.787. The Hall–Kier alpha value is -2.95. The summed E-state index contributed by atoms with van der Waals surface area (Å²) in [6.45, 7) is 0.508. The highest BCUT2D eigenvalue weighted by Gasteiger charge is 2.09. The lowest BCUT2D eigenvalue weighted by molar-refractivity contribution is 0.0948. The van der Waals surface area contributed by atoms with E-state index < -0.39 is 0 Å². The number of ether oxygens (including phenoxy) is 1. The molecule has 1 heterocycles. The fourth-order valence-corrected chi connectivity index (χ4v) is 2.41. The molecule has 3 aromatic rings. The second-order valence-corrected chi connectivity index (χ2v) is 5.11. The van der Waals surface area contributed by atoms with Gasteiger partial charge in [0.1, 0.15) is 5.75 Å². The molecule has 0 fully saturated rings. The van der Waals surface area contributed by atoms with E-state index in [1.807, 2.05) is 48.5 Å². The molecule has 2 aromatic carbocycles. The monoisotopic (exact) mass is 307 g/mol. The van der Waals surface area contributed by atoms with E-state index in [0.29, 0.717) is 18.7 Å². The van der Waals surface area contributed by atoms with Crippen LogP contribution in [0.25, 0.3) is 10.9 Å². The van der Waals surface area contributed by atoms with Gasteiger partial charge in [0.25, 0.3) is 5.91 Å². The molecule has 5 nitrogen and oxygen atoms in total. The summed E-state index contributed by atoms with van der Waals surface area (Å²) in [6.07, 6.45) is 0.691. The Kier molecular flexibility index (Phi) is 4.47. The summed E-state index contributed by atoms with van der Waals surface area (Å²) in [4.78, 5) is 12.2. The van der Waals surface area contributed by atoms with E-state index in [1.54, 1.807) is 13.2 Å². The molecule has 0 atom stereocenters. The zero-order chi connectivity index (χ0) is 16.1. The Bertz CT molecular complexity index is 833. The Labute approximate surface area is 134 Å². The summed E-state index contributed by atoms with van der Waals surface area (Å²) in [5.41, 5.74) is 2.15. The molecule has 0 aliphatic carbocycles. The Balaban J connectivity index is 1.64. The highest BCUT2D eigenvalue weighted by molar-refractivity contribution is 5.95. The lowest BCUT2D eigenvalue weighted by Crippen LogP contribution is -2.26. The second-order valence-electron chi connectivity index (χ2n) is 5.11. The number of rotatable bonds is 5. The van der Waals surface area contributed by atoms with Gasteiger partial charge in [-0.2, -0.15) is 0 Å². The molecular weight excluding hydrogens is 290 g/mol. The SMILES string of the molecule is COc1ccccc1CCNC(=O)c1cc2ccccc2nn1. The standard InChI is InChI=1S/C18H17N3O2/c1-23-17-9-5-3-6-13(17)10-11-19-18(22)16-12-14-7-2-4-8-15(14)20-21-16/h2-9,12H,10-11H2,1H3,(H,19,22). The number of carbonyl (C=O) groups excluding carboxylic acids is 1. The van der Waals surface area contributed by atoms with Crippen molar-refractivity contribution < 1.29 is 9.53 Å². The number of carbonyl (C=O) groups is 1. The molecule has 0 radical (unpaired) electrons. The molecule has 0 bridgehead atoms. The third kappa shape index (κ3) is 3.45. The summed E-state index contributed by atoms with van der Waals surface area (Å²) in [7, 11) is 1.64. The third-order valence-corrected chi connectivity index (χ3v) is 3.60. The van der Waals surface area contributed by atoms with Crippen molar-refractivity contribution in [2.24, 2.45) is 0 Å². The predicted molar refractivity (Wildman–Crippen MR) is 88.6 cm³/mol. The van der Waals surface area contributed by atoms with Gasteiger partial charge in [0.05, 0.1) is 12.6 Å². The van der Waals surface area contributed by atoms with E-state index in [1.165, 1.54) is 0 Å². The number of fused-ring (bicyclic) bond motifs is 1. The van der Waals surface area contributed by atoms with Gasteiger partial charge in [0, 0.05) is 11.9 Å². The van der Waals surface area contributed by atoms with Crippen molar-refractivity contribution in [1.29, 1.82) is 0 Å². The van der Waals surface area contributed by atoms with Gasteiger partial charge in [0.15, 0.2) is 5.69 Å². The van der Waals surface area contributed by atoms with E-state index in [-0.39, 0.29) is 5.91 Å². The van der Waals surface area contributed by atoms with E-state index in [9.17, 15) is 4.79 Å². The fourth-order valence-electron chi connectivity index (χ4n) is 2.41. The summed E-state index contributed by atoms with van der Waals surface area (Å²) < 4.78 is 5.30. The lowest BCUT2D eigenvalue weighted by atomic mass is 10.1. The number of methoxy groups -OCH3 is 1. The van der Waals surface area contributed by atoms with Gasteiger partial charge in [-0.25, -0.2) is 0 Å². The van der Waals surface area contributed by atoms with Crippen molar-refractivity contribution >= 4 is 16.8 Å². The normalized spacial score (nSPS) is 10.5. The number of nitrogens with one attached hydrogen (secondary N) is 1. The molecule has 116 valence electrons. The zero-order valence-corrected chi connectivity index (χ0v) is 12.8. The number of para-hydroxylation sites is 1. The van der Waals surface area contributed by atoms with E-state index in [0.717, 1.165) is 22.2 Å². The number of aromatic nitrogens is 2. The van der Waals surface area contributed by atoms with Crippen LogP contribution in [-0.4, -0.2) is 29.8 Å². The van der Waals surface area contributed by atoms with Crippen molar-refractivity contribution in [1.82, 2.24) is 15.5 Å². The Morgan fingerprint density at radius 1 is 1.09 bits per heavy atom. The van der Waals surface area contributed by atoms with Crippen LogP contribution in [0.3, 0.4) is 0 Å². The van der Waals surface area contributed by atoms with E-state index in [4.69, 9.17) is 4.74 Å². The molecule has 0 spiro atoms. The van der Waals surface area contributed by atoms with E-state index >= 15 is 0 Å². The van der Waals surface area contributed by atoms with E-state index in [2.05, 4.69) is 15.5 Å². The largest absolute Gasteiger partial charge is 0.496 e. The molecule has 0 saturated carbocycles. The second kappa shape index (κ2) is 6.87. The lowest BCUT2D eigenvalue weighted by Gasteiger charge is -2.09. The van der Waals surface area contributed by atoms with Gasteiger partial charge in [-0.15, -0.1) is 10.2 Å². The van der Waals surface area contributed by atoms with Crippen molar-refractivity contribution in [3.63, 3.8) is 0 Å². The van der Waals surface area contributed by atoms with Crippen LogP contribution in [0.15, 0.2) is 54.6 Å². The van der Waals surface area contributed by atoms with Gasteiger partial charge < -0.3 is 10.1 Å². The number of amides is 1. The van der Waals surface area contributed by atoms with Crippen molar-refractivity contribution in [3.8, 4) is 5.75 Å². The molecule has 1 aromatic heterocycles. The Morgan fingerprint density at radius 2 is 1.87 bits per heavy atom. The zero-order valence-electron chi connectivity index (χ0n) is 12.8. The smallest absolute Gasteiger partial charge is 0.271 e. The summed E-state index contributed by atoms with van der Waals surface area (Å²) in [5, 5.41) is 11.8. The number of nitrogens with zero attached hydrogens (tertiary/aromatic N) is 2. The first-order chi connectivity index (χ1) is 11.3. The summed E-state index contributed by atoms with van der Waals surface area (Å²) in [5.74, 6) is 0.602. The van der Waals surface area contributed by atoms with Crippen LogP contribution < -0.4 is 10.1 Å². The van der Waals surface area contributed by atoms with Crippen LogP contribution in [0, 0.1) is 0 Å². The minimum atomic E-state index is -0.224. The first-order valence-corrected chi connectivity index (χ1v) is 7.40. The topological polar surface area (TPSA) is 64.1 Å². The molecule has 3 rings (SSSR count). The molecule has 23 heavy (non-hydrogen) atoms. The van der Waals surface area contributed by atoms with Crippen LogP contribution in [0.4, 0.5) is 0 Å². The number of hydrogen-bond donors (Lipinski definition) is 1. The maximum atomic E-state index is 12.2. The minimum Gasteiger partial charge on any atom is -0.496 e. The molecule has 5 heteroatoms. The first-order valence-electron chi connectivity index (χ1n) is 7.40. The van der Waals surface area contributed by atoms with Crippen LogP contribution in [0.1, 0.15) is 16.1 Å². The van der Waals surface area contributed by atoms with Crippen LogP contribution in [0.2, 0.25) is 0 Å². The number of benzene rings is 2. The summed E-state index contributed by atoms with van der Waals surface area (Å²) >= 11 is 0. The van der Waals surface area contributed by atoms with Crippen molar-refractivity contribution in [2.75, 3.05) is 13.7 Å². The predicted octanol–water partition coefficient (Wildman–Crippen LogP) is 2.61. The van der Waals surface area contributed by atoms with Gasteiger partial charge in [-0.05, 0) is 30.2 Å². The molecule has 1 N–H and O–H groups in total. The molecule has 0 aliphatic heterocycles. The van der Waals surface area contributed by atoms with Gasteiger partial charge in [-0.1, -0.05) is 36.4 Å². The van der Waals surface area contributed by atoms with Crippen molar-refractivity contribution in [2.45, 2.75) is 6.42 Å². The average molecular weight is 307 g/mol. The maximum Gasteiger partial charge on any atom is 0.271 e. The van der Waals surface area contributed by atoms with Crippen LogP contribution in [0.5, 0.6) is 5.75 Å². The molecule has 0 saturated heterocycles. The Morgan fingerprint density at radius 3 is 2.74 bits per heavy atom. The third-order valence-electron chi connectivity index (χ3n) is 3.60. The number of hydrogen-bond acceptors (Lipinski definition) is 4. The summed E-state index contributed by atoms with van der Waals surface area (Å²) in [6, 6.07) is 17.1. The molecule has 1 amide bonds. The van der Waals surface area contributed by atoms with Crippen molar-refractivity contribution in [3.05, 3.63) is 65.9 Å². The van der Waals surface area contributed by atoms with Crippen LogP contribution in [-0.2, 0) is 6.42 Å². The fraction of sp³-hybridized carbons (Fsp3) is 0.167. The molecule has 0 unspecified atom stereocenters. The van der Waals surface area contributed by atoms with Gasteiger partial charge in [0.2, 0.25) is 0 Å². The highest BCUT2D eigenvalue weighted by Crippen LogP contribution is 2.17.